The maximum Gasteiger partial charge on any atom is 0.499 e. The molecule has 1 aliphatic rings. The minimum Gasteiger partial charge on any atom is -0.497 e. The molecule has 1 aromatic rings. The Kier molecular flexibility index (Phi) is 3.51. The summed E-state index contributed by atoms with van der Waals surface area (Å²) in [5.41, 5.74) is 0.203. The smallest absolute Gasteiger partial charge is 0.497 e. The quantitative estimate of drug-likeness (QED) is 0.786. The molecule has 0 amide bonds. The first-order valence-corrected chi connectivity index (χ1v) is 6.76. The van der Waals surface area contributed by atoms with Gasteiger partial charge in [-0.1, -0.05) is 22.0 Å². The predicted molar refractivity (Wildman–Crippen MR) is 76.4 cm³/mol. The molecular weight excluding hydrogens is 295 g/mol. The molecule has 0 atom stereocenters. The van der Waals surface area contributed by atoms with E-state index in [1.54, 1.807) is 7.11 Å². The van der Waals surface area contributed by atoms with Crippen LogP contribution in [0.4, 0.5) is 0 Å². The van der Waals surface area contributed by atoms with Crippen LogP contribution in [0, 0.1) is 0 Å². The molecule has 3 nitrogen and oxygen atoms in total. The molecule has 2 rings (SSSR count). The molecular formula is C13H18BBrO3. The lowest BCUT2D eigenvalue weighted by molar-refractivity contribution is 0.00578. The second-order valence-electron chi connectivity index (χ2n) is 5.44. The van der Waals surface area contributed by atoms with Gasteiger partial charge in [0.1, 0.15) is 5.75 Å². The van der Waals surface area contributed by atoms with Gasteiger partial charge in [-0.3, -0.25) is 0 Å². The van der Waals surface area contributed by atoms with Gasteiger partial charge in [-0.15, -0.1) is 0 Å². The molecule has 0 N–H and O–H groups in total. The van der Waals surface area contributed by atoms with Gasteiger partial charge in [-0.05, 0) is 39.8 Å². The topological polar surface area (TPSA) is 27.7 Å². The number of methoxy groups -OCH3 is 1. The Hall–Kier alpha value is -0.515. The normalized spacial score (nSPS) is 21.1. The average molecular weight is 313 g/mol. The monoisotopic (exact) mass is 312 g/mol. The van der Waals surface area contributed by atoms with E-state index in [4.69, 9.17) is 14.0 Å². The fourth-order valence-corrected chi connectivity index (χ4v) is 2.42. The van der Waals surface area contributed by atoms with Gasteiger partial charge < -0.3 is 14.0 Å². The molecule has 18 heavy (non-hydrogen) atoms. The van der Waals surface area contributed by atoms with Crippen molar-refractivity contribution in [2.45, 2.75) is 38.9 Å². The summed E-state index contributed by atoms with van der Waals surface area (Å²) in [5, 5.41) is 0. The van der Waals surface area contributed by atoms with Crippen LogP contribution in [-0.4, -0.2) is 25.4 Å². The molecule has 1 saturated heterocycles. The van der Waals surface area contributed by atoms with Crippen LogP contribution in [0.3, 0.4) is 0 Å². The van der Waals surface area contributed by atoms with Crippen molar-refractivity contribution in [3.8, 4) is 5.75 Å². The van der Waals surface area contributed by atoms with Crippen LogP contribution >= 0.6 is 15.9 Å². The summed E-state index contributed by atoms with van der Waals surface area (Å²) in [5.74, 6) is 0.767. The fraction of sp³-hybridized carbons (Fsp3) is 0.538. The summed E-state index contributed by atoms with van der Waals surface area (Å²) in [7, 11) is 1.23. The van der Waals surface area contributed by atoms with Crippen LogP contribution in [0.2, 0.25) is 0 Å². The van der Waals surface area contributed by atoms with Crippen molar-refractivity contribution in [1.29, 1.82) is 0 Å². The number of benzene rings is 1. The minimum absolute atomic E-state index is 0.349. The summed E-state index contributed by atoms with van der Waals surface area (Å²) >= 11 is 3.53. The van der Waals surface area contributed by atoms with Crippen molar-refractivity contribution >= 4 is 28.5 Å². The van der Waals surface area contributed by atoms with E-state index in [2.05, 4.69) is 15.9 Å². The Balaban J connectivity index is 2.41. The fourth-order valence-electron chi connectivity index (χ4n) is 1.88. The van der Waals surface area contributed by atoms with Crippen molar-refractivity contribution < 1.29 is 14.0 Å². The van der Waals surface area contributed by atoms with Crippen LogP contribution < -0.4 is 10.2 Å². The van der Waals surface area contributed by atoms with Crippen molar-refractivity contribution in [2.24, 2.45) is 0 Å². The summed E-state index contributed by atoms with van der Waals surface area (Å²) in [6.07, 6.45) is 0. The summed E-state index contributed by atoms with van der Waals surface area (Å²) < 4.78 is 18.4. The van der Waals surface area contributed by atoms with Gasteiger partial charge in [0.25, 0.3) is 0 Å². The lowest BCUT2D eigenvalue weighted by Crippen LogP contribution is -2.41. The van der Waals surface area contributed by atoms with Crippen molar-refractivity contribution in [3.05, 3.63) is 22.7 Å². The van der Waals surface area contributed by atoms with Gasteiger partial charge in [-0.25, -0.2) is 0 Å². The number of ether oxygens (including phenoxy) is 1. The molecule has 98 valence electrons. The first-order valence-electron chi connectivity index (χ1n) is 5.96. The van der Waals surface area contributed by atoms with Crippen molar-refractivity contribution in [3.63, 3.8) is 0 Å². The average Bonchev–Trinajstić information content (AvgIpc) is 2.47. The highest BCUT2D eigenvalue weighted by Crippen LogP contribution is 2.37. The van der Waals surface area contributed by atoms with E-state index in [1.807, 2.05) is 45.9 Å². The Morgan fingerprint density at radius 2 is 1.67 bits per heavy atom. The van der Waals surface area contributed by atoms with Crippen LogP contribution in [0.1, 0.15) is 27.7 Å². The molecule has 1 fully saturated rings. The Bertz CT molecular complexity index is 444. The first-order chi connectivity index (χ1) is 8.28. The molecule has 0 spiro atoms. The molecule has 0 radical (unpaired) electrons. The predicted octanol–water partition coefficient (Wildman–Crippen LogP) is 2.76. The second-order valence-corrected chi connectivity index (χ2v) is 6.30. The largest absolute Gasteiger partial charge is 0.499 e. The summed E-state index contributed by atoms with van der Waals surface area (Å²) in [6.45, 7) is 8.15. The van der Waals surface area contributed by atoms with Crippen molar-refractivity contribution in [1.82, 2.24) is 0 Å². The molecule has 0 aliphatic carbocycles. The van der Waals surface area contributed by atoms with E-state index >= 15 is 0 Å². The van der Waals surface area contributed by atoms with E-state index in [0.717, 1.165) is 15.7 Å². The Morgan fingerprint density at radius 1 is 1.11 bits per heavy atom. The molecule has 1 aromatic carbocycles. The highest BCUT2D eigenvalue weighted by molar-refractivity contribution is 9.10. The minimum atomic E-state index is -0.416. The molecule has 1 heterocycles. The Labute approximate surface area is 117 Å². The van der Waals surface area contributed by atoms with Gasteiger partial charge >= 0.3 is 7.12 Å². The summed E-state index contributed by atoms with van der Waals surface area (Å²) in [4.78, 5) is 0. The van der Waals surface area contributed by atoms with Crippen LogP contribution in [0.25, 0.3) is 0 Å². The second kappa shape index (κ2) is 4.55. The Morgan fingerprint density at radius 3 is 2.17 bits per heavy atom. The van der Waals surface area contributed by atoms with Gasteiger partial charge in [0.15, 0.2) is 0 Å². The van der Waals surface area contributed by atoms with E-state index in [-0.39, 0.29) is 11.2 Å². The maximum absolute atomic E-state index is 6.04. The lowest BCUT2D eigenvalue weighted by Gasteiger charge is -2.32. The zero-order valence-electron chi connectivity index (χ0n) is 11.4. The maximum atomic E-state index is 6.04. The van der Waals surface area contributed by atoms with E-state index in [0.29, 0.717) is 0 Å². The number of hydrogen-bond donors (Lipinski definition) is 0. The number of rotatable bonds is 2. The van der Waals surface area contributed by atoms with Gasteiger partial charge in [-0.2, -0.15) is 0 Å². The highest BCUT2D eigenvalue weighted by atomic mass is 79.9. The van der Waals surface area contributed by atoms with Gasteiger partial charge in [0, 0.05) is 9.94 Å². The molecule has 0 aromatic heterocycles. The SMILES string of the molecule is COc1cccc(Br)c1B1OC(C)(C)C(C)(C)O1. The van der Waals surface area contributed by atoms with E-state index in [1.165, 1.54) is 0 Å². The zero-order chi connectivity index (χ0) is 13.6. The highest BCUT2D eigenvalue weighted by Gasteiger charge is 2.52. The molecule has 0 unspecified atom stereocenters. The van der Waals surface area contributed by atoms with Gasteiger partial charge in [0.05, 0.1) is 18.3 Å². The zero-order valence-corrected chi connectivity index (χ0v) is 13.0. The third-order valence-electron chi connectivity index (χ3n) is 3.72. The molecule has 0 bridgehead atoms. The number of hydrogen-bond acceptors (Lipinski definition) is 3. The van der Waals surface area contributed by atoms with Crippen LogP contribution in [0.15, 0.2) is 22.7 Å². The standard InChI is InChI=1S/C13H18BBrO3/c1-12(2)13(3,4)18-14(17-12)11-9(15)7-6-8-10(11)16-5/h6-8H,1-5H3. The van der Waals surface area contributed by atoms with E-state index < -0.39 is 7.12 Å². The lowest BCUT2D eigenvalue weighted by atomic mass is 9.78. The van der Waals surface area contributed by atoms with Crippen molar-refractivity contribution in [2.75, 3.05) is 7.11 Å². The van der Waals surface area contributed by atoms with Gasteiger partial charge in [0.2, 0.25) is 0 Å². The molecule has 0 saturated carbocycles. The summed E-state index contributed by atoms with van der Waals surface area (Å²) in [6, 6.07) is 5.80. The van der Waals surface area contributed by atoms with E-state index in [9.17, 15) is 0 Å². The van der Waals surface area contributed by atoms with Crippen LogP contribution in [0.5, 0.6) is 5.75 Å². The third kappa shape index (κ3) is 2.19. The molecule has 1 aliphatic heterocycles. The van der Waals surface area contributed by atoms with Crippen LogP contribution in [-0.2, 0) is 9.31 Å². The number of halogens is 1. The third-order valence-corrected chi connectivity index (χ3v) is 4.41. The molecule has 5 heteroatoms. The first kappa shape index (κ1) is 13.9.